The molecule has 4 aliphatic carbocycles. The summed E-state index contributed by atoms with van der Waals surface area (Å²) in [5, 5.41) is 13.6. The van der Waals surface area contributed by atoms with Gasteiger partial charge in [-0.15, -0.1) is 0 Å². The molecule has 2 atom stereocenters. The lowest BCUT2D eigenvalue weighted by Gasteiger charge is -2.61. The fourth-order valence-corrected chi connectivity index (χ4v) is 6.62. The van der Waals surface area contributed by atoms with Crippen molar-refractivity contribution in [3.63, 3.8) is 0 Å². The van der Waals surface area contributed by atoms with Gasteiger partial charge in [0.1, 0.15) is 5.75 Å². The second kappa shape index (κ2) is 6.72. The van der Waals surface area contributed by atoms with Crippen LogP contribution in [0.2, 0.25) is 0 Å². The smallest absolute Gasteiger partial charge is 0.246 e. The molecule has 0 aliphatic heterocycles. The summed E-state index contributed by atoms with van der Waals surface area (Å²) in [6, 6.07) is 15.8. The Kier molecular flexibility index (Phi) is 4.27. The second-order valence-electron chi connectivity index (χ2n) is 9.68. The van der Waals surface area contributed by atoms with Gasteiger partial charge in [0.15, 0.2) is 0 Å². The van der Waals surface area contributed by atoms with Gasteiger partial charge in [0, 0.05) is 0 Å². The molecular weight excluding hydrogens is 360 g/mol. The van der Waals surface area contributed by atoms with Gasteiger partial charge < -0.3 is 5.11 Å². The average molecular weight is 389 g/mol. The van der Waals surface area contributed by atoms with Gasteiger partial charge in [-0.05, 0) is 98.1 Å². The number of carbonyl (C=O) groups excluding carboxylic acids is 1. The molecule has 2 N–H and O–H groups in total. The molecule has 2 aromatic rings. The summed E-state index contributed by atoms with van der Waals surface area (Å²) in [4.78, 5) is 13.3. The molecule has 29 heavy (non-hydrogen) atoms. The normalized spacial score (nSPS) is 32.6. The number of carbonyl (C=O) groups is 1. The number of nitrogens with zero attached hydrogens (tertiary/aromatic N) is 1. The first-order valence-electron chi connectivity index (χ1n) is 10.7. The second-order valence-corrected chi connectivity index (χ2v) is 9.68. The first-order chi connectivity index (χ1) is 14.0. The summed E-state index contributed by atoms with van der Waals surface area (Å²) in [7, 11) is 0. The molecule has 1 amide bonds. The lowest BCUT2D eigenvalue weighted by atomic mass is 9.42. The van der Waals surface area contributed by atoms with Crippen LogP contribution < -0.4 is 5.43 Å². The van der Waals surface area contributed by atoms with Gasteiger partial charge in [-0.25, -0.2) is 5.43 Å². The highest BCUT2D eigenvalue weighted by Crippen LogP contribution is 2.65. The SMILES string of the molecule is Cc1ccc(C23C[C@H]4C[C@@H](CC(C(=O)N/N=C\c5ccc(O)cc5)(C4)C2)C3)cc1. The summed E-state index contributed by atoms with van der Waals surface area (Å²) in [5.41, 5.74) is 6.26. The van der Waals surface area contributed by atoms with Crippen LogP contribution in [0.25, 0.3) is 0 Å². The number of hydrazone groups is 1. The fourth-order valence-electron chi connectivity index (χ4n) is 6.62. The molecule has 4 heteroatoms. The van der Waals surface area contributed by atoms with Crippen LogP contribution in [-0.2, 0) is 10.2 Å². The van der Waals surface area contributed by atoms with E-state index in [1.54, 1.807) is 30.5 Å². The number of aryl methyl sites for hydroxylation is 1. The summed E-state index contributed by atoms with van der Waals surface area (Å²) in [6.45, 7) is 2.13. The molecule has 4 bridgehead atoms. The van der Waals surface area contributed by atoms with E-state index in [1.165, 1.54) is 30.4 Å². The zero-order valence-electron chi connectivity index (χ0n) is 16.9. The number of hydrogen-bond acceptors (Lipinski definition) is 3. The Bertz CT molecular complexity index is 932. The highest BCUT2D eigenvalue weighted by Gasteiger charge is 2.60. The Labute approximate surface area is 172 Å². The molecule has 150 valence electrons. The number of phenolic OH excluding ortho intramolecular Hbond substituents is 1. The fraction of sp³-hybridized carbons (Fsp3) is 0.440. The van der Waals surface area contributed by atoms with Crippen LogP contribution in [0.15, 0.2) is 53.6 Å². The third kappa shape index (κ3) is 3.25. The van der Waals surface area contributed by atoms with Crippen molar-refractivity contribution in [3.05, 3.63) is 65.2 Å². The molecule has 6 rings (SSSR count). The van der Waals surface area contributed by atoms with Crippen LogP contribution in [0.5, 0.6) is 5.75 Å². The maximum atomic E-state index is 13.3. The zero-order valence-corrected chi connectivity index (χ0v) is 16.9. The molecule has 0 radical (unpaired) electrons. The highest BCUT2D eigenvalue weighted by molar-refractivity contribution is 5.86. The van der Waals surface area contributed by atoms with Crippen molar-refractivity contribution in [3.8, 4) is 5.75 Å². The van der Waals surface area contributed by atoms with E-state index in [0.29, 0.717) is 11.8 Å². The molecule has 4 fully saturated rings. The first-order valence-corrected chi connectivity index (χ1v) is 10.7. The van der Waals surface area contributed by atoms with Crippen LogP contribution in [-0.4, -0.2) is 17.2 Å². The Balaban J connectivity index is 1.37. The highest BCUT2D eigenvalue weighted by atomic mass is 16.3. The standard InChI is InChI=1S/C25H28N2O2/c1-17-2-6-21(7-3-17)24-11-19-10-20(12-24)14-25(13-19,16-24)23(29)27-26-15-18-4-8-22(28)9-5-18/h2-9,15,19-20,28H,10-14,16H2,1H3,(H,27,29)/b26-15-/t19-,20-,24?,25?/m1/s1. The van der Waals surface area contributed by atoms with Crippen LogP contribution in [0.3, 0.4) is 0 Å². The Hall–Kier alpha value is -2.62. The van der Waals surface area contributed by atoms with Crippen molar-refractivity contribution >= 4 is 12.1 Å². The molecule has 0 saturated heterocycles. The Morgan fingerprint density at radius 2 is 1.69 bits per heavy atom. The molecule has 0 aromatic heterocycles. The minimum absolute atomic E-state index is 0.0816. The van der Waals surface area contributed by atoms with Gasteiger partial charge in [-0.2, -0.15) is 5.10 Å². The number of aromatic hydroxyl groups is 1. The van der Waals surface area contributed by atoms with Crippen molar-refractivity contribution in [1.29, 1.82) is 0 Å². The van der Waals surface area contributed by atoms with E-state index in [0.717, 1.165) is 24.8 Å². The van der Waals surface area contributed by atoms with E-state index >= 15 is 0 Å². The van der Waals surface area contributed by atoms with Crippen LogP contribution in [0.4, 0.5) is 0 Å². The van der Waals surface area contributed by atoms with Gasteiger partial charge in [0.25, 0.3) is 0 Å². The van der Waals surface area contributed by atoms with Crippen molar-refractivity contribution < 1.29 is 9.90 Å². The van der Waals surface area contributed by atoms with E-state index in [9.17, 15) is 9.90 Å². The number of rotatable bonds is 4. The minimum Gasteiger partial charge on any atom is -0.508 e. The largest absolute Gasteiger partial charge is 0.508 e. The van der Waals surface area contributed by atoms with Crippen LogP contribution in [0, 0.1) is 24.2 Å². The van der Waals surface area contributed by atoms with Gasteiger partial charge in [0.2, 0.25) is 5.91 Å². The zero-order chi connectivity index (χ0) is 20.1. The molecule has 0 unspecified atom stereocenters. The molecule has 4 aliphatic rings. The third-order valence-electron chi connectivity index (χ3n) is 7.48. The number of benzene rings is 2. The van der Waals surface area contributed by atoms with Gasteiger partial charge in [-0.1, -0.05) is 29.8 Å². The maximum absolute atomic E-state index is 13.3. The van der Waals surface area contributed by atoms with E-state index in [1.807, 2.05) is 0 Å². The van der Waals surface area contributed by atoms with Gasteiger partial charge in [0.05, 0.1) is 11.6 Å². The van der Waals surface area contributed by atoms with E-state index in [2.05, 4.69) is 41.7 Å². The van der Waals surface area contributed by atoms with Crippen molar-refractivity contribution in [2.24, 2.45) is 22.4 Å². The Morgan fingerprint density at radius 1 is 1.03 bits per heavy atom. The van der Waals surface area contributed by atoms with Gasteiger partial charge in [-0.3, -0.25) is 4.79 Å². The predicted molar refractivity (Wildman–Crippen MR) is 114 cm³/mol. The Morgan fingerprint density at radius 3 is 2.34 bits per heavy atom. The van der Waals surface area contributed by atoms with Gasteiger partial charge >= 0.3 is 0 Å². The van der Waals surface area contributed by atoms with E-state index in [-0.39, 0.29) is 22.5 Å². The molecule has 2 aromatic carbocycles. The summed E-state index contributed by atoms with van der Waals surface area (Å²) < 4.78 is 0. The first kappa shape index (κ1) is 18.4. The average Bonchev–Trinajstić information content (AvgIpc) is 2.69. The molecule has 0 spiro atoms. The number of nitrogens with one attached hydrogen (secondary N) is 1. The number of phenols is 1. The maximum Gasteiger partial charge on any atom is 0.246 e. The molecule has 0 heterocycles. The lowest BCUT2D eigenvalue weighted by molar-refractivity contribution is -0.149. The monoisotopic (exact) mass is 388 g/mol. The molecular formula is C25H28N2O2. The van der Waals surface area contributed by atoms with Crippen LogP contribution >= 0.6 is 0 Å². The number of hydrogen-bond donors (Lipinski definition) is 2. The number of amides is 1. The van der Waals surface area contributed by atoms with E-state index in [4.69, 9.17) is 0 Å². The topological polar surface area (TPSA) is 61.7 Å². The summed E-state index contributed by atoms with van der Waals surface area (Å²) in [6.07, 6.45) is 8.30. The lowest BCUT2D eigenvalue weighted by Crippen LogP contribution is -2.58. The van der Waals surface area contributed by atoms with Crippen molar-refractivity contribution in [1.82, 2.24) is 5.43 Å². The summed E-state index contributed by atoms with van der Waals surface area (Å²) in [5.74, 6) is 1.59. The molecule has 4 nitrogen and oxygen atoms in total. The minimum atomic E-state index is -0.290. The van der Waals surface area contributed by atoms with Crippen molar-refractivity contribution in [2.45, 2.75) is 50.9 Å². The third-order valence-corrected chi connectivity index (χ3v) is 7.48. The summed E-state index contributed by atoms with van der Waals surface area (Å²) >= 11 is 0. The van der Waals surface area contributed by atoms with Crippen LogP contribution in [0.1, 0.15) is 55.2 Å². The molecule has 4 saturated carbocycles. The van der Waals surface area contributed by atoms with E-state index < -0.39 is 0 Å². The predicted octanol–water partition coefficient (Wildman–Crippen LogP) is 4.69. The quantitative estimate of drug-likeness (QED) is 0.590. The van der Waals surface area contributed by atoms with Crippen molar-refractivity contribution in [2.75, 3.05) is 0 Å².